The maximum Gasteiger partial charge on any atom is 0.274 e. The van der Waals surface area contributed by atoms with Crippen molar-refractivity contribution in [2.75, 3.05) is 12.8 Å². The third-order valence-electron chi connectivity index (χ3n) is 2.91. The van der Waals surface area contributed by atoms with Crippen LogP contribution >= 0.6 is 0 Å². The summed E-state index contributed by atoms with van der Waals surface area (Å²) in [6.07, 6.45) is 1.76. The number of hydrogen-bond acceptors (Lipinski definition) is 3. The number of pyridine rings is 1. The summed E-state index contributed by atoms with van der Waals surface area (Å²) in [5.41, 5.74) is 7.69. The summed E-state index contributed by atoms with van der Waals surface area (Å²) in [6, 6.07) is 9.47. The van der Waals surface area contributed by atoms with Crippen molar-refractivity contribution in [2.24, 2.45) is 0 Å². The molecule has 1 aromatic heterocycles. The van der Waals surface area contributed by atoms with E-state index in [0.29, 0.717) is 12.2 Å². The summed E-state index contributed by atoms with van der Waals surface area (Å²) in [7, 11) is 1.62. The van der Waals surface area contributed by atoms with E-state index in [-0.39, 0.29) is 5.56 Å². The highest BCUT2D eigenvalue weighted by molar-refractivity contribution is 5.43. The number of nitrogen functional groups attached to an aromatic ring is 1. The molecule has 0 unspecified atom stereocenters. The number of benzene rings is 1. The van der Waals surface area contributed by atoms with Gasteiger partial charge in [0.25, 0.3) is 5.56 Å². The molecular weight excluding hydrogens is 228 g/mol. The van der Waals surface area contributed by atoms with Crippen LogP contribution in [0.3, 0.4) is 0 Å². The molecule has 1 heterocycles. The highest BCUT2D eigenvalue weighted by Crippen LogP contribution is 2.13. The van der Waals surface area contributed by atoms with Crippen LogP contribution in [0.15, 0.2) is 41.3 Å². The molecule has 94 valence electrons. The summed E-state index contributed by atoms with van der Waals surface area (Å²) < 4.78 is 6.75. The van der Waals surface area contributed by atoms with E-state index in [1.807, 2.05) is 37.3 Å². The van der Waals surface area contributed by atoms with Gasteiger partial charge in [0.05, 0.1) is 13.7 Å². The molecule has 0 saturated heterocycles. The molecule has 0 saturated carbocycles. The Bertz CT molecular complexity index is 617. The number of nitrogens with two attached hydrogens (primary N) is 1. The fourth-order valence-electron chi connectivity index (χ4n) is 1.77. The fraction of sp³-hybridized carbons (Fsp3) is 0.214. The molecule has 0 bridgehead atoms. The van der Waals surface area contributed by atoms with Crippen molar-refractivity contribution >= 4 is 5.69 Å². The minimum Gasteiger partial charge on any atom is -0.497 e. The smallest absolute Gasteiger partial charge is 0.274 e. The lowest BCUT2D eigenvalue weighted by molar-refractivity contribution is 0.414. The Morgan fingerprint density at radius 1 is 1.33 bits per heavy atom. The van der Waals surface area contributed by atoms with Gasteiger partial charge < -0.3 is 15.0 Å². The molecular formula is C14H16N2O2. The molecule has 0 aliphatic rings. The fourth-order valence-corrected chi connectivity index (χ4v) is 1.77. The van der Waals surface area contributed by atoms with Crippen LogP contribution in [0, 0.1) is 6.92 Å². The maximum absolute atomic E-state index is 12.0. The Morgan fingerprint density at radius 2 is 2.11 bits per heavy atom. The molecule has 0 radical (unpaired) electrons. The summed E-state index contributed by atoms with van der Waals surface area (Å²) in [5, 5.41) is 0. The quantitative estimate of drug-likeness (QED) is 0.895. The van der Waals surface area contributed by atoms with Gasteiger partial charge in [-0.25, -0.2) is 0 Å². The van der Waals surface area contributed by atoms with E-state index < -0.39 is 0 Å². The van der Waals surface area contributed by atoms with E-state index in [0.717, 1.165) is 16.9 Å². The van der Waals surface area contributed by atoms with Crippen LogP contribution in [0.25, 0.3) is 0 Å². The van der Waals surface area contributed by atoms with Crippen LogP contribution < -0.4 is 16.0 Å². The zero-order chi connectivity index (χ0) is 13.1. The van der Waals surface area contributed by atoms with E-state index in [1.165, 1.54) is 0 Å². The van der Waals surface area contributed by atoms with Gasteiger partial charge in [0.15, 0.2) is 0 Å². The van der Waals surface area contributed by atoms with Crippen molar-refractivity contribution in [3.05, 3.63) is 58.0 Å². The predicted molar refractivity (Wildman–Crippen MR) is 71.9 cm³/mol. The molecule has 0 aliphatic carbocycles. The number of methoxy groups -OCH3 is 1. The molecule has 4 heteroatoms. The first-order valence-corrected chi connectivity index (χ1v) is 5.70. The molecule has 0 amide bonds. The number of rotatable bonds is 3. The Kier molecular flexibility index (Phi) is 3.37. The molecule has 0 atom stereocenters. The van der Waals surface area contributed by atoms with Crippen molar-refractivity contribution in [2.45, 2.75) is 13.5 Å². The summed E-state index contributed by atoms with van der Waals surface area (Å²) >= 11 is 0. The normalized spacial score (nSPS) is 10.3. The van der Waals surface area contributed by atoms with E-state index >= 15 is 0 Å². The topological polar surface area (TPSA) is 57.2 Å². The second kappa shape index (κ2) is 4.96. The Labute approximate surface area is 106 Å². The molecule has 2 N–H and O–H groups in total. The van der Waals surface area contributed by atoms with Crippen molar-refractivity contribution in [3.8, 4) is 5.75 Å². The number of aromatic nitrogens is 1. The molecule has 4 nitrogen and oxygen atoms in total. The lowest BCUT2D eigenvalue weighted by atomic mass is 10.2. The Balaban J connectivity index is 2.34. The van der Waals surface area contributed by atoms with Crippen molar-refractivity contribution in [1.82, 2.24) is 4.57 Å². The first kappa shape index (κ1) is 12.2. The first-order valence-electron chi connectivity index (χ1n) is 5.70. The highest BCUT2D eigenvalue weighted by Gasteiger charge is 2.04. The zero-order valence-electron chi connectivity index (χ0n) is 10.5. The van der Waals surface area contributed by atoms with Gasteiger partial charge in [-0.3, -0.25) is 4.79 Å². The number of hydrogen-bond donors (Lipinski definition) is 1. The minimum atomic E-state index is -0.155. The third kappa shape index (κ3) is 2.37. The van der Waals surface area contributed by atoms with Gasteiger partial charge in [0.1, 0.15) is 11.4 Å². The van der Waals surface area contributed by atoms with Crippen LogP contribution in [0.4, 0.5) is 5.69 Å². The molecule has 0 aliphatic heterocycles. The van der Waals surface area contributed by atoms with Crippen molar-refractivity contribution < 1.29 is 4.74 Å². The second-order valence-corrected chi connectivity index (χ2v) is 4.20. The van der Waals surface area contributed by atoms with Crippen LogP contribution in [-0.2, 0) is 6.54 Å². The standard InChI is InChI=1S/C14H16N2O2/c1-10-6-7-16(14(17)13(10)15)9-11-4-3-5-12(8-11)18-2/h3-8H,9,15H2,1-2H3. The van der Waals surface area contributed by atoms with Gasteiger partial charge in [-0.2, -0.15) is 0 Å². The van der Waals surface area contributed by atoms with Gasteiger partial charge in [0, 0.05) is 6.20 Å². The van der Waals surface area contributed by atoms with Gasteiger partial charge in [0.2, 0.25) is 0 Å². The maximum atomic E-state index is 12.0. The molecule has 2 rings (SSSR count). The van der Waals surface area contributed by atoms with E-state index in [4.69, 9.17) is 10.5 Å². The van der Waals surface area contributed by atoms with Crippen LogP contribution in [0.2, 0.25) is 0 Å². The SMILES string of the molecule is COc1cccc(Cn2ccc(C)c(N)c2=O)c1. The molecule has 2 aromatic rings. The highest BCUT2D eigenvalue weighted by atomic mass is 16.5. The Morgan fingerprint density at radius 3 is 2.83 bits per heavy atom. The average molecular weight is 244 g/mol. The van der Waals surface area contributed by atoms with Crippen molar-refractivity contribution in [3.63, 3.8) is 0 Å². The average Bonchev–Trinajstić information content (AvgIpc) is 2.40. The predicted octanol–water partition coefficient (Wildman–Crippen LogP) is 1.80. The number of nitrogens with zero attached hydrogens (tertiary/aromatic N) is 1. The molecule has 1 aromatic carbocycles. The zero-order valence-corrected chi connectivity index (χ0v) is 10.5. The molecule has 0 fully saturated rings. The number of anilines is 1. The van der Waals surface area contributed by atoms with E-state index in [1.54, 1.807) is 17.9 Å². The second-order valence-electron chi connectivity index (χ2n) is 4.20. The summed E-state index contributed by atoms with van der Waals surface area (Å²) in [5.74, 6) is 0.778. The van der Waals surface area contributed by atoms with Gasteiger partial charge in [-0.15, -0.1) is 0 Å². The lowest BCUT2D eigenvalue weighted by Gasteiger charge is -2.09. The molecule has 18 heavy (non-hydrogen) atoms. The molecule has 0 spiro atoms. The van der Waals surface area contributed by atoms with Crippen LogP contribution in [-0.4, -0.2) is 11.7 Å². The number of aryl methyl sites for hydroxylation is 1. The van der Waals surface area contributed by atoms with Crippen LogP contribution in [0.5, 0.6) is 5.75 Å². The van der Waals surface area contributed by atoms with Gasteiger partial charge >= 0.3 is 0 Å². The van der Waals surface area contributed by atoms with Gasteiger partial charge in [-0.1, -0.05) is 12.1 Å². The number of ether oxygens (including phenoxy) is 1. The van der Waals surface area contributed by atoms with E-state index in [2.05, 4.69) is 0 Å². The first-order chi connectivity index (χ1) is 8.61. The Hall–Kier alpha value is -2.23. The lowest BCUT2D eigenvalue weighted by Crippen LogP contribution is -2.23. The monoisotopic (exact) mass is 244 g/mol. The minimum absolute atomic E-state index is 0.155. The van der Waals surface area contributed by atoms with E-state index in [9.17, 15) is 4.79 Å². The summed E-state index contributed by atoms with van der Waals surface area (Å²) in [6.45, 7) is 2.31. The largest absolute Gasteiger partial charge is 0.497 e. The van der Waals surface area contributed by atoms with Crippen molar-refractivity contribution in [1.29, 1.82) is 0 Å². The summed E-state index contributed by atoms with van der Waals surface area (Å²) in [4.78, 5) is 12.0. The van der Waals surface area contributed by atoms with Crippen LogP contribution in [0.1, 0.15) is 11.1 Å². The van der Waals surface area contributed by atoms with Gasteiger partial charge in [-0.05, 0) is 36.2 Å². The third-order valence-corrected chi connectivity index (χ3v) is 2.91.